The van der Waals surface area contributed by atoms with Crippen LogP contribution in [0.2, 0.25) is 0 Å². The lowest BCUT2D eigenvalue weighted by molar-refractivity contribution is -0.146. The third-order valence-electron chi connectivity index (χ3n) is 3.72. The van der Waals surface area contributed by atoms with Crippen LogP contribution in [-0.4, -0.2) is 46.3 Å². The summed E-state index contributed by atoms with van der Waals surface area (Å²) in [7, 11) is 0. The van der Waals surface area contributed by atoms with Crippen molar-refractivity contribution in [3.05, 3.63) is 24.0 Å². The van der Waals surface area contributed by atoms with E-state index in [1.165, 1.54) is 6.08 Å². The topological polar surface area (TPSA) is 116 Å². The second-order valence-corrected chi connectivity index (χ2v) is 5.50. The van der Waals surface area contributed by atoms with Crippen LogP contribution in [0.5, 0.6) is 0 Å². The number of carboxylic acid groups (broad SMARTS) is 1. The summed E-state index contributed by atoms with van der Waals surface area (Å²) in [5.41, 5.74) is 0.720. The third-order valence-corrected chi connectivity index (χ3v) is 3.72. The number of amides is 3. The number of nitrogens with zero attached hydrogens (tertiary/aromatic N) is 1. The van der Waals surface area contributed by atoms with Gasteiger partial charge in [-0.1, -0.05) is 6.58 Å². The first-order valence-corrected chi connectivity index (χ1v) is 7.43. The lowest BCUT2D eigenvalue weighted by Crippen LogP contribution is -2.52. The van der Waals surface area contributed by atoms with Gasteiger partial charge >= 0.3 is 5.97 Å². The van der Waals surface area contributed by atoms with Crippen molar-refractivity contribution in [2.75, 3.05) is 6.54 Å². The molecule has 23 heavy (non-hydrogen) atoms. The number of piperidine rings is 1. The maximum atomic E-state index is 12.3. The highest BCUT2D eigenvalue weighted by Gasteiger charge is 2.41. The van der Waals surface area contributed by atoms with E-state index in [1.807, 2.05) is 0 Å². The molecule has 2 aliphatic rings. The molecule has 0 aromatic heterocycles. The minimum atomic E-state index is -0.868. The van der Waals surface area contributed by atoms with Crippen molar-refractivity contribution in [2.24, 2.45) is 0 Å². The monoisotopic (exact) mass is 321 g/mol. The van der Waals surface area contributed by atoms with Gasteiger partial charge in [0.25, 0.3) is 11.8 Å². The summed E-state index contributed by atoms with van der Waals surface area (Å²) in [6.45, 7) is 4.05. The number of unbranched alkanes of at least 4 members (excludes halogenated alkanes) is 1. The van der Waals surface area contributed by atoms with E-state index >= 15 is 0 Å². The predicted molar refractivity (Wildman–Crippen MR) is 79.7 cm³/mol. The van der Waals surface area contributed by atoms with Gasteiger partial charge in [0.1, 0.15) is 11.7 Å². The normalized spacial score (nSPS) is 21.3. The molecule has 0 radical (unpaired) electrons. The van der Waals surface area contributed by atoms with E-state index in [1.54, 1.807) is 0 Å². The van der Waals surface area contributed by atoms with Crippen LogP contribution in [0.15, 0.2) is 24.0 Å². The summed E-state index contributed by atoms with van der Waals surface area (Å²) >= 11 is 0. The zero-order chi connectivity index (χ0) is 17.0. The van der Waals surface area contributed by atoms with E-state index < -0.39 is 29.7 Å². The Hall–Kier alpha value is -2.64. The quantitative estimate of drug-likeness (QED) is 0.444. The van der Waals surface area contributed by atoms with Gasteiger partial charge in [-0.3, -0.25) is 24.1 Å². The number of carboxylic acids is 1. The highest BCUT2D eigenvalue weighted by molar-refractivity contribution is 6.17. The molecule has 8 heteroatoms. The van der Waals surface area contributed by atoms with Crippen molar-refractivity contribution in [1.82, 2.24) is 15.5 Å². The van der Waals surface area contributed by atoms with E-state index in [0.717, 1.165) is 4.90 Å². The van der Waals surface area contributed by atoms with Crippen LogP contribution < -0.4 is 10.6 Å². The Kier molecular flexibility index (Phi) is 5.15. The van der Waals surface area contributed by atoms with Crippen LogP contribution in [0.4, 0.5) is 0 Å². The Balaban J connectivity index is 1.88. The smallest absolute Gasteiger partial charge is 0.303 e. The fraction of sp³-hybridized carbons (Fsp3) is 0.467. The van der Waals surface area contributed by atoms with Crippen molar-refractivity contribution in [3.63, 3.8) is 0 Å². The predicted octanol–water partition coefficient (Wildman–Crippen LogP) is -0.124. The summed E-state index contributed by atoms with van der Waals surface area (Å²) in [5, 5.41) is 13.9. The summed E-state index contributed by atoms with van der Waals surface area (Å²) in [5.74, 6) is -2.32. The van der Waals surface area contributed by atoms with Gasteiger partial charge in [0.05, 0.1) is 0 Å². The number of hydrogen-bond donors (Lipinski definition) is 3. The minimum absolute atomic E-state index is 0.0614. The molecule has 1 atom stereocenters. The first kappa shape index (κ1) is 16.7. The van der Waals surface area contributed by atoms with Crippen molar-refractivity contribution < 1.29 is 24.3 Å². The number of allylic oxidation sites excluding steroid dienone is 1. The Labute approximate surface area is 133 Å². The summed E-state index contributed by atoms with van der Waals surface area (Å²) in [6, 6.07) is -0.817. The van der Waals surface area contributed by atoms with Gasteiger partial charge in [0.15, 0.2) is 0 Å². The molecule has 0 saturated carbocycles. The Morgan fingerprint density at radius 1 is 1.39 bits per heavy atom. The zero-order valence-electron chi connectivity index (χ0n) is 12.6. The molecule has 0 bridgehead atoms. The Morgan fingerprint density at radius 3 is 2.78 bits per heavy atom. The third kappa shape index (κ3) is 3.97. The van der Waals surface area contributed by atoms with E-state index in [0.29, 0.717) is 37.9 Å². The van der Waals surface area contributed by atoms with Crippen molar-refractivity contribution in [3.8, 4) is 0 Å². The second-order valence-electron chi connectivity index (χ2n) is 5.50. The van der Waals surface area contributed by atoms with Gasteiger partial charge in [-0.15, -0.1) is 0 Å². The molecule has 0 aromatic rings. The molecule has 124 valence electrons. The molecule has 1 fully saturated rings. The molecule has 2 rings (SSSR count). The minimum Gasteiger partial charge on any atom is -0.481 e. The van der Waals surface area contributed by atoms with Crippen LogP contribution in [0.3, 0.4) is 0 Å². The van der Waals surface area contributed by atoms with Crippen molar-refractivity contribution in [2.45, 2.75) is 38.1 Å². The van der Waals surface area contributed by atoms with Gasteiger partial charge < -0.3 is 15.7 Å². The molecule has 2 aliphatic heterocycles. The van der Waals surface area contributed by atoms with Gasteiger partial charge in [-0.2, -0.15) is 0 Å². The van der Waals surface area contributed by atoms with Crippen LogP contribution in [0.25, 0.3) is 0 Å². The SMILES string of the molecule is C=C1CCC(N2C(=O)C=C(NCCCCC(=O)O)C2=O)C(=O)N1. The fourth-order valence-corrected chi connectivity index (χ4v) is 2.54. The number of nitrogens with one attached hydrogen (secondary N) is 2. The summed E-state index contributed by atoms with van der Waals surface area (Å²) < 4.78 is 0. The van der Waals surface area contributed by atoms with Gasteiger partial charge in [0.2, 0.25) is 5.91 Å². The van der Waals surface area contributed by atoms with E-state index in [-0.39, 0.29) is 12.1 Å². The van der Waals surface area contributed by atoms with Crippen LogP contribution >= 0.6 is 0 Å². The van der Waals surface area contributed by atoms with Crippen LogP contribution in [-0.2, 0) is 19.2 Å². The molecule has 8 nitrogen and oxygen atoms in total. The standard InChI is InChI=1S/C15H19N3O5/c1-9-5-6-11(14(22)17-9)18-12(19)8-10(15(18)23)16-7-3-2-4-13(20)21/h8,11,16H,1-7H2,(H,17,22)(H,20,21). The van der Waals surface area contributed by atoms with Crippen LogP contribution in [0, 0.1) is 0 Å². The average Bonchev–Trinajstić information content (AvgIpc) is 2.74. The summed E-state index contributed by atoms with van der Waals surface area (Å²) in [4.78, 5) is 47.6. The highest BCUT2D eigenvalue weighted by Crippen LogP contribution is 2.22. The number of hydrogen-bond acceptors (Lipinski definition) is 5. The molecule has 0 aliphatic carbocycles. The molecule has 3 amide bonds. The van der Waals surface area contributed by atoms with E-state index in [4.69, 9.17) is 5.11 Å². The van der Waals surface area contributed by atoms with Crippen molar-refractivity contribution >= 4 is 23.7 Å². The fourth-order valence-electron chi connectivity index (χ4n) is 2.54. The molecule has 1 saturated heterocycles. The molecule has 1 unspecified atom stereocenters. The molecule has 2 heterocycles. The lowest BCUT2D eigenvalue weighted by atomic mass is 10.0. The number of carbonyl (C=O) groups excluding carboxylic acids is 3. The molecule has 3 N–H and O–H groups in total. The number of imide groups is 1. The van der Waals surface area contributed by atoms with Crippen molar-refractivity contribution in [1.29, 1.82) is 0 Å². The maximum absolute atomic E-state index is 12.3. The van der Waals surface area contributed by atoms with Gasteiger partial charge in [-0.25, -0.2) is 0 Å². The molecular weight excluding hydrogens is 302 g/mol. The van der Waals surface area contributed by atoms with E-state index in [2.05, 4.69) is 17.2 Å². The first-order chi connectivity index (χ1) is 10.9. The Morgan fingerprint density at radius 2 is 2.13 bits per heavy atom. The molecule has 0 aromatic carbocycles. The lowest BCUT2D eigenvalue weighted by Gasteiger charge is -2.29. The van der Waals surface area contributed by atoms with Gasteiger partial charge in [-0.05, 0) is 25.7 Å². The maximum Gasteiger partial charge on any atom is 0.303 e. The largest absolute Gasteiger partial charge is 0.481 e. The number of carbonyl (C=O) groups is 4. The molecule has 0 spiro atoms. The summed E-state index contributed by atoms with van der Waals surface area (Å²) in [6.07, 6.45) is 3.17. The Bertz CT molecular complexity index is 596. The number of aliphatic carboxylic acids is 1. The number of rotatable bonds is 7. The first-order valence-electron chi connectivity index (χ1n) is 7.43. The zero-order valence-corrected chi connectivity index (χ0v) is 12.6. The highest BCUT2D eigenvalue weighted by atomic mass is 16.4. The van der Waals surface area contributed by atoms with Crippen LogP contribution in [0.1, 0.15) is 32.1 Å². The second kappa shape index (κ2) is 7.08. The van der Waals surface area contributed by atoms with Gasteiger partial charge in [0, 0.05) is 24.7 Å². The molecular formula is C15H19N3O5. The van der Waals surface area contributed by atoms with E-state index in [9.17, 15) is 19.2 Å². The average molecular weight is 321 g/mol.